The van der Waals surface area contributed by atoms with E-state index in [0.717, 1.165) is 10.9 Å². The maximum atomic E-state index is 13.5. The summed E-state index contributed by atoms with van der Waals surface area (Å²) in [6, 6.07) is 7.26. The molecule has 0 aliphatic carbocycles. The molecule has 5 heteroatoms. The van der Waals surface area contributed by atoms with Crippen LogP contribution in [0.1, 0.15) is 16.5 Å². The summed E-state index contributed by atoms with van der Waals surface area (Å²) in [4.78, 5) is 1.02. The molecule has 0 bridgehead atoms. The van der Waals surface area contributed by atoms with Crippen molar-refractivity contribution in [3.8, 4) is 0 Å². The molecular formula is C12H12F2N2S. The number of thiophene rings is 1. The molecule has 1 heterocycles. The Hall–Kier alpha value is -1.30. The first-order valence-electron chi connectivity index (χ1n) is 5.14. The molecule has 0 saturated carbocycles. The summed E-state index contributed by atoms with van der Waals surface area (Å²) in [5, 5.41) is 1.93. The summed E-state index contributed by atoms with van der Waals surface area (Å²) in [5.41, 5.74) is 3.09. The van der Waals surface area contributed by atoms with Gasteiger partial charge in [0.15, 0.2) is 0 Å². The third kappa shape index (κ3) is 2.88. The lowest BCUT2D eigenvalue weighted by atomic mass is 10.0. The van der Waals surface area contributed by atoms with Gasteiger partial charge < -0.3 is 0 Å². The van der Waals surface area contributed by atoms with Gasteiger partial charge in [0.2, 0.25) is 0 Å². The van der Waals surface area contributed by atoms with Crippen LogP contribution < -0.4 is 11.3 Å². The summed E-state index contributed by atoms with van der Waals surface area (Å²) in [6.07, 6.45) is 0.392. The van der Waals surface area contributed by atoms with Gasteiger partial charge >= 0.3 is 0 Å². The van der Waals surface area contributed by atoms with Crippen LogP contribution in [0.4, 0.5) is 8.78 Å². The van der Waals surface area contributed by atoms with Crippen molar-refractivity contribution in [3.63, 3.8) is 0 Å². The molecule has 1 aromatic heterocycles. The Balaban J connectivity index is 2.19. The maximum Gasteiger partial charge on any atom is 0.129 e. The Morgan fingerprint density at radius 1 is 1.29 bits per heavy atom. The average molecular weight is 254 g/mol. The van der Waals surface area contributed by atoms with E-state index in [2.05, 4.69) is 5.43 Å². The largest absolute Gasteiger partial charge is 0.271 e. The number of hydrazine groups is 1. The van der Waals surface area contributed by atoms with Gasteiger partial charge in [0.25, 0.3) is 0 Å². The third-order valence-electron chi connectivity index (χ3n) is 2.53. The molecule has 1 atom stereocenters. The molecule has 90 valence electrons. The fraction of sp³-hybridized carbons (Fsp3) is 0.167. The van der Waals surface area contributed by atoms with Crippen LogP contribution in [0.2, 0.25) is 0 Å². The molecule has 0 aliphatic rings. The van der Waals surface area contributed by atoms with Crippen molar-refractivity contribution < 1.29 is 8.78 Å². The Morgan fingerprint density at radius 2 is 2.12 bits per heavy atom. The average Bonchev–Trinajstić information content (AvgIpc) is 2.81. The number of nitrogens with two attached hydrogens (primary N) is 1. The lowest BCUT2D eigenvalue weighted by Gasteiger charge is -2.14. The number of hydrogen-bond acceptors (Lipinski definition) is 3. The topological polar surface area (TPSA) is 38.0 Å². The van der Waals surface area contributed by atoms with Crippen molar-refractivity contribution in [1.29, 1.82) is 0 Å². The van der Waals surface area contributed by atoms with Gasteiger partial charge in [0, 0.05) is 10.9 Å². The number of halogens is 2. The molecule has 2 rings (SSSR count). The van der Waals surface area contributed by atoms with Crippen molar-refractivity contribution in [1.82, 2.24) is 5.43 Å². The molecule has 2 nitrogen and oxygen atoms in total. The van der Waals surface area contributed by atoms with Crippen molar-refractivity contribution in [2.24, 2.45) is 5.84 Å². The van der Waals surface area contributed by atoms with Crippen LogP contribution in [0.25, 0.3) is 0 Å². The Morgan fingerprint density at radius 3 is 2.71 bits per heavy atom. The molecule has 0 amide bonds. The Labute approximate surface area is 102 Å². The maximum absolute atomic E-state index is 13.5. The van der Waals surface area contributed by atoms with E-state index in [-0.39, 0.29) is 6.04 Å². The minimum Gasteiger partial charge on any atom is -0.271 e. The molecule has 17 heavy (non-hydrogen) atoms. The van der Waals surface area contributed by atoms with Crippen molar-refractivity contribution in [2.75, 3.05) is 0 Å². The molecule has 0 spiro atoms. The van der Waals surface area contributed by atoms with Crippen LogP contribution >= 0.6 is 11.3 Å². The van der Waals surface area contributed by atoms with E-state index in [9.17, 15) is 8.78 Å². The first-order chi connectivity index (χ1) is 8.20. The highest BCUT2D eigenvalue weighted by Crippen LogP contribution is 2.23. The summed E-state index contributed by atoms with van der Waals surface area (Å²) in [6.45, 7) is 0. The van der Waals surface area contributed by atoms with Gasteiger partial charge in [-0.3, -0.25) is 11.3 Å². The standard InChI is InChI=1S/C12H12F2N2S/c13-9-4-3-8(10(14)7-9)6-11(16-15)12-2-1-5-17-12/h1-5,7,11,16H,6,15H2. The van der Waals surface area contributed by atoms with Gasteiger partial charge in [0.1, 0.15) is 11.6 Å². The van der Waals surface area contributed by atoms with Gasteiger partial charge in [0.05, 0.1) is 6.04 Å². The summed E-state index contributed by atoms with van der Waals surface area (Å²) >= 11 is 1.54. The molecule has 0 fully saturated rings. The van der Waals surface area contributed by atoms with Crippen LogP contribution in [-0.2, 0) is 6.42 Å². The van der Waals surface area contributed by atoms with E-state index in [1.54, 1.807) is 11.3 Å². The van der Waals surface area contributed by atoms with Gasteiger partial charge in [-0.2, -0.15) is 0 Å². The Kier molecular flexibility index (Phi) is 3.83. The molecule has 3 N–H and O–H groups in total. The van der Waals surface area contributed by atoms with Crippen LogP contribution in [-0.4, -0.2) is 0 Å². The summed E-state index contributed by atoms with van der Waals surface area (Å²) in [7, 11) is 0. The van der Waals surface area contributed by atoms with E-state index in [1.165, 1.54) is 12.1 Å². The number of nitrogens with one attached hydrogen (secondary N) is 1. The molecule has 0 aliphatic heterocycles. The van der Waals surface area contributed by atoms with Crippen molar-refractivity contribution >= 4 is 11.3 Å². The highest BCUT2D eigenvalue weighted by atomic mass is 32.1. The van der Waals surface area contributed by atoms with Gasteiger partial charge in [-0.15, -0.1) is 11.3 Å². The summed E-state index contributed by atoms with van der Waals surface area (Å²) < 4.78 is 26.2. The molecular weight excluding hydrogens is 242 g/mol. The molecule has 1 unspecified atom stereocenters. The lowest BCUT2D eigenvalue weighted by molar-refractivity contribution is 0.527. The van der Waals surface area contributed by atoms with Gasteiger partial charge in [-0.05, 0) is 29.5 Å². The lowest BCUT2D eigenvalue weighted by Crippen LogP contribution is -2.29. The highest BCUT2D eigenvalue weighted by molar-refractivity contribution is 7.10. The number of benzene rings is 1. The van der Waals surface area contributed by atoms with Crippen LogP contribution in [0.3, 0.4) is 0 Å². The zero-order valence-electron chi connectivity index (χ0n) is 8.99. The van der Waals surface area contributed by atoms with E-state index in [4.69, 9.17) is 5.84 Å². The number of hydrogen-bond donors (Lipinski definition) is 2. The van der Waals surface area contributed by atoms with E-state index in [1.807, 2.05) is 17.5 Å². The second-order valence-electron chi connectivity index (χ2n) is 3.67. The highest BCUT2D eigenvalue weighted by Gasteiger charge is 2.14. The second-order valence-corrected chi connectivity index (χ2v) is 4.65. The second kappa shape index (κ2) is 5.35. The van der Waals surface area contributed by atoms with Crippen molar-refractivity contribution in [3.05, 3.63) is 57.8 Å². The smallest absolute Gasteiger partial charge is 0.129 e. The van der Waals surface area contributed by atoms with Crippen LogP contribution in [0, 0.1) is 11.6 Å². The van der Waals surface area contributed by atoms with Crippen LogP contribution in [0.5, 0.6) is 0 Å². The van der Waals surface area contributed by atoms with E-state index >= 15 is 0 Å². The van der Waals surface area contributed by atoms with E-state index < -0.39 is 11.6 Å². The van der Waals surface area contributed by atoms with E-state index in [0.29, 0.717) is 12.0 Å². The van der Waals surface area contributed by atoms with Crippen molar-refractivity contribution in [2.45, 2.75) is 12.5 Å². The number of rotatable bonds is 4. The fourth-order valence-electron chi connectivity index (χ4n) is 1.64. The predicted molar refractivity (Wildman–Crippen MR) is 64.4 cm³/mol. The third-order valence-corrected chi connectivity index (χ3v) is 3.51. The normalized spacial score (nSPS) is 12.6. The molecule has 0 saturated heterocycles. The molecule has 2 aromatic rings. The van der Waals surface area contributed by atoms with Gasteiger partial charge in [-0.1, -0.05) is 12.1 Å². The van der Waals surface area contributed by atoms with Crippen LogP contribution in [0.15, 0.2) is 35.7 Å². The predicted octanol–water partition coefficient (Wildman–Crippen LogP) is 2.77. The first kappa shape index (κ1) is 12.2. The first-order valence-corrected chi connectivity index (χ1v) is 6.02. The zero-order chi connectivity index (χ0) is 12.3. The fourth-order valence-corrected chi connectivity index (χ4v) is 2.43. The van der Waals surface area contributed by atoms with Gasteiger partial charge in [-0.25, -0.2) is 8.78 Å². The Bertz CT molecular complexity index is 485. The minimum absolute atomic E-state index is 0.157. The SMILES string of the molecule is NNC(Cc1ccc(F)cc1F)c1cccs1. The monoisotopic (exact) mass is 254 g/mol. The zero-order valence-corrected chi connectivity index (χ0v) is 9.81. The minimum atomic E-state index is -0.570. The molecule has 1 aromatic carbocycles. The summed E-state index contributed by atoms with van der Waals surface area (Å²) in [5.74, 6) is 4.34. The quantitative estimate of drug-likeness (QED) is 0.650. The molecule has 0 radical (unpaired) electrons.